The van der Waals surface area contributed by atoms with Gasteiger partial charge in [-0.15, -0.1) is 0 Å². The molecule has 1 aliphatic rings. The van der Waals surface area contributed by atoms with Crippen LogP contribution in [0.2, 0.25) is 0 Å². The van der Waals surface area contributed by atoms with Crippen LogP contribution in [0.5, 0.6) is 5.75 Å². The first-order valence-corrected chi connectivity index (χ1v) is 11.6. The third-order valence-corrected chi connectivity index (χ3v) is 7.78. The topological polar surface area (TPSA) is 75.7 Å². The van der Waals surface area contributed by atoms with E-state index in [1.807, 2.05) is 57.2 Å². The molecule has 1 heterocycles. The highest BCUT2D eigenvalue weighted by Crippen LogP contribution is 2.33. The maximum atomic E-state index is 13.3. The molecule has 6 nitrogen and oxygen atoms in total. The van der Waals surface area contributed by atoms with Crippen molar-refractivity contribution in [3.05, 3.63) is 59.2 Å². The molecule has 1 amide bonds. The number of aryl methyl sites for hydroxylation is 2. The maximum Gasteiger partial charge on any atom is 0.243 e. The number of nitrogens with one attached hydrogen (secondary N) is 1. The molecule has 0 unspecified atom stereocenters. The third-order valence-electron chi connectivity index (χ3n) is 5.77. The highest BCUT2D eigenvalue weighted by atomic mass is 32.2. The van der Waals surface area contributed by atoms with Crippen molar-refractivity contribution in [2.24, 2.45) is 5.41 Å². The first kappa shape index (κ1) is 22.3. The van der Waals surface area contributed by atoms with E-state index in [0.717, 1.165) is 22.4 Å². The fraction of sp³-hybridized carbons (Fsp3) is 0.435. The normalized spacial score (nSPS) is 20.0. The van der Waals surface area contributed by atoms with Gasteiger partial charge in [0, 0.05) is 19.6 Å². The van der Waals surface area contributed by atoms with E-state index in [1.165, 1.54) is 4.31 Å². The number of hydrogen-bond donors (Lipinski definition) is 1. The number of amides is 1. The molecule has 7 heteroatoms. The molecule has 3 rings (SSSR count). The van der Waals surface area contributed by atoms with Crippen molar-refractivity contribution in [1.29, 1.82) is 0 Å². The summed E-state index contributed by atoms with van der Waals surface area (Å²) in [5, 5.41) is 2.98. The number of ether oxygens (including phenoxy) is 1. The molecule has 1 saturated heterocycles. The van der Waals surface area contributed by atoms with Gasteiger partial charge >= 0.3 is 0 Å². The van der Waals surface area contributed by atoms with E-state index in [9.17, 15) is 13.2 Å². The van der Waals surface area contributed by atoms with Gasteiger partial charge in [-0.1, -0.05) is 29.8 Å². The van der Waals surface area contributed by atoms with E-state index >= 15 is 0 Å². The van der Waals surface area contributed by atoms with Gasteiger partial charge in [0.15, 0.2) is 0 Å². The Kier molecular flexibility index (Phi) is 6.53. The van der Waals surface area contributed by atoms with Gasteiger partial charge < -0.3 is 10.1 Å². The molecular weight excluding hydrogens is 400 g/mol. The van der Waals surface area contributed by atoms with Gasteiger partial charge in [-0.3, -0.25) is 4.79 Å². The summed E-state index contributed by atoms with van der Waals surface area (Å²) in [6.07, 6.45) is 1.30. The summed E-state index contributed by atoms with van der Waals surface area (Å²) in [6.45, 7) is 6.59. The van der Waals surface area contributed by atoms with Crippen LogP contribution >= 0.6 is 0 Å². The van der Waals surface area contributed by atoms with Gasteiger partial charge in [0.2, 0.25) is 15.9 Å². The Morgan fingerprint density at radius 2 is 1.87 bits per heavy atom. The van der Waals surface area contributed by atoms with Crippen LogP contribution in [0, 0.1) is 19.3 Å². The van der Waals surface area contributed by atoms with Crippen molar-refractivity contribution in [2.75, 3.05) is 20.2 Å². The minimum absolute atomic E-state index is 0.126. The zero-order chi connectivity index (χ0) is 21.9. The number of sulfonamides is 1. The molecule has 0 aliphatic carbocycles. The van der Waals surface area contributed by atoms with Crippen LogP contribution in [0.4, 0.5) is 0 Å². The van der Waals surface area contributed by atoms with Gasteiger partial charge in [-0.25, -0.2) is 8.42 Å². The van der Waals surface area contributed by atoms with Crippen LogP contribution in [-0.2, 0) is 21.4 Å². The summed E-state index contributed by atoms with van der Waals surface area (Å²) in [4.78, 5) is 13.3. The Hall–Kier alpha value is -2.38. The lowest BCUT2D eigenvalue weighted by Gasteiger charge is -2.38. The van der Waals surface area contributed by atoms with Crippen LogP contribution in [0.1, 0.15) is 36.5 Å². The molecule has 0 aromatic heterocycles. The molecule has 0 radical (unpaired) electrons. The highest BCUT2D eigenvalue weighted by molar-refractivity contribution is 7.89. The van der Waals surface area contributed by atoms with Crippen LogP contribution in [0.3, 0.4) is 0 Å². The number of benzene rings is 2. The number of piperidine rings is 1. The predicted octanol–water partition coefficient (Wildman–Crippen LogP) is 3.42. The van der Waals surface area contributed by atoms with Gasteiger partial charge in [0.1, 0.15) is 5.75 Å². The van der Waals surface area contributed by atoms with E-state index in [-0.39, 0.29) is 12.5 Å². The van der Waals surface area contributed by atoms with E-state index in [4.69, 9.17) is 4.74 Å². The van der Waals surface area contributed by atoms with E-state index in [0.29, 0.717) is 30.8 Å². The molecule has 0 bridgehead atoms. The van der Waals surface area contributed by atoms with E-state index in [1.54, 1.807) is 13.2 Å². The SMILES string of the molecule is COc1ccc(CNC(=O)[C@]2(C)CCCN(S(=O)(=O)c3ccc(C)cc3C)C2)cc1. The molecule has 1 aliphatic heterocycles. The second-order valence-corrected chi connectivity index (χ2v) is 10.2. The molecule has 1 atom stereocenters. The monoisotopic (exact) mass is 430 g/mol. The predicted molar refractivity (Wildman–Crippen MR) is 117 cm³/mol. The molecule has 2 aromatic rings. The van der Waals surface area contributed by atoms with Crippen molar-refractivity contribution in [2.45, 2.75) is 45.1 Å². The summed E-state index contributed by atoms with van der Waals surface area (Å²) >= 11 is 0. The van der Waals surface area contributed by atoms with Crippen molar-refractivity contribution in [3.8, 4) is 5.75 Å². The standard InChI is InChI=1S/C23H30N2O4S/c1-17-6-11-21(18(2)14-17)30(27,28)25-13-5-12-23(3,16-25)22(26)24-15-19-7-9-20(29-4)10-8-19/h6-11,14H,5,12-13,15-16H2,1-4H3,(H,24,26)/t23-/m1/s1. The summed E-state index contributed by atoms with van der Waals surface area (Å²) in [6, 6.07) is 12.8. The largest absolute Gasteiger partial charge is 0.497 e. The second-order valence-electron chi connectivity index (χ2n) is 8.30. The molecule has 162 valence electrons. The maximum absolute atomic E-state index is 13.3. The summed E-state index contributed by atoms with van der Waals surface area (Å²) in [7, 11) is -2.04. The van der Waals surface area contributed by atoms with Crippen molar-refractivity contribution in [3.63, 3.8) is 0 Å². The molecule has 1 fully saturated rings. The minimum Gasteiger partial charge on any atom is -0.497 e. The average Bonchev–Trinajstić information content (AvgIpc) is 2.72. The zero-order valence-corrected chi connectivity index (χ0v) is 18.9. The number of rotatable bonds is 6. The fourth-order valence-electron chi connectivity index (χ4n) is 3.95. The average molecular weight is 431 g/mol. The smallest absolute Gasteiger partial charge is 0.243 e. The second kappa shape index (κ2) is 8.78. The molecule has 2 aromatic carbocycles. The van der Waals surface area contributed by atoms with Crippen molar-refractivity contribution < 1.29 is 17.9 Å². The Labute approximate surface area is 179 Å². The highest BCUT2D eigenvalue weighted by Gasteiger charge is 2.42. The molecule has 0 spiro atoms. The number of nitrogens with zero attached hydrogens (tertiary/aromatic N) is 1. The molecule has 1 N–H and O–H groups in total. The Morgan fingerprint density at radius 3 is 2.50 bits per heavy atom. The number of carbonyl (C=O) groups is 1. The van der Waals surface area contributed by atoms with Crippen molar-refractivity contribution in [1.82, 2.24) is 9.62 Å². The quantitative estimate of drug-likeness (QED) is 0.762. The van der Waals surface area contributed by atoms with Crippen LogP contribution in [0.25, 0.3) is 0 Å². The Bertz CT molecular complexity index is 1020. The number of methoxy groups -OCH3 is 1. The van der Waals surface area contributed by atoms with Gasteiger partial charge in [-0.2, -0.15) is 4.31 Å². The molecular formula is C23H30N2O4S. The zero-order valence-electron chi connectivity index (χ0n) is 18.1. The van der Waals surface area contributed by atoms with E-state index in [2.05, 4.69) is 5.32 Å². The third kappa shape index (κ3) is 4.68. The van der Waals surface area contributed by atoms with Gasteiger partial charge in [0.25, 0.3) is 0 Å². The van der Waals surface area contributed by atoms with Gasteiger partial charge in [-0.05, 0) is 62.9 Å². The Morgan fingerprint density at radius 1 is 1.17 bits per heavy atom. The first-order valence-electron chi connectivity index (χ1n) is 10.1. The summed E-state index contributed by atoms with van der Waals surface area (Å²) in [5.74, 6) is 0.635. The van der Waals surface area contributed by atoms with Crippen molar-refractivity contribution >= 4 is 15.9 Å². The first-order chi connectivity index (χ1) is 14.2. The lowest BCUT2D eigenvalue weighted by Crippen LogP contribution is -2.51. The van der Waals surface area contributed by atoms with Gasteiger partial charge in [0.05, 0.1) is 17.4 Å². The minimum atomic E-state index is -3.65. The van der Waals surface area contributed by atoms with Crippen LogP contribution in [-0.4, -0.2) is 38.8 Å². The molecule has 30 heavy (non-hydrogen) atoms. The Balaban J connectivity index is 1.72. The van der Waals surface area contributed by atoms with Crippen LogP contribution < -0.4 is 10.1 Å². The number of carbonyl (C=O) groups excluding carboxylic acids is 1. The summed E-state index contributed by atoms with van der Waals surface area (Å²) in [5.41, 5.74) is 1.94. The summed E-state index contributed by atoms with van der Waals surface area (Å²) < 4.78 is 33.1. The molecule has 0 saturated carbocycles. The lowest BCUT2D eigenvalue weighted by atomic mass is 9.82. The number of hydrogen-bond acceptors (Lipinski definition) is 4. The van der Waals surface area contributed by atoms with Crippen LogP contribution in [0.15, 0.2) is 47.4 Å². The van der Waals surface area contributed by atoms with E-state index < -0.39 is 15.4 Å². The fourth-order valence-corrected chi connectivity index (χ4v) is 5.76. The lowest BCUT2D eigenvalue weighted by molar-refractivity contribution is -0.132.